The predicted octanol–water partition coefficient (Wildman–Crippen LogP) is 22.3. The number of fused-ring (bicyclic) bond motifs is 4. The van der Waals surface area contributed by atoms with E-state index in [1.807, 2.05) is 0 Å². The molecule has 14 aromatic rings. The van der Waals surface area contributed by atoms with Crippen molar-refractivity contribution in [1.29, 1.82) is 0 Å². The molecule has 0 saturated carbocycles. The van der Waals surface area contributed by atoms with Crippen LogP contribution in [0.25, 0.3) is 176 Å². The van der Waals surface area contributed by atoms with Gasteiger partial charge < -0.3 is 9.97 Å². The Labute approximate surface area is 531 Å². The normalized spacial score (nSPS) is 12.0. The van der Waals surface area contributed by atoms with Crippen LogP contribution in [-0.4, -0.2) is 9.97 Å². The first-order chi connectivity index (χ1) is 42.9. The van der Waals surface area contributed by atoms with Gasteiger partial charge in [0.25, 0.3) is 0 Å². The summed E-state index contributed by atoms with van der Waals surface area (Å²) in [6.07, 6.45) is 0. The van der Waals surface area contributed by atoms with Gasteiger partial charge in [-0.25, -0.2) is 9.97 Å². The van der Waals surface area contributed by atoms with Gasteiger partial charge in [0.2, 0.25) is 0 Å². The van der Waals surface area contributed by atoms with Gasteiger partial charge >= 0.3 is 20.4 Å². The Morgan fingerprint density at radius 2 is 0.427 bits per heavy atom. The Bertz CT molecular complexity index is 5100. The Morgan fingerprint density at radius 3 is 0.629 bits per heavy atom. The van der Waals surface area contributed by atoms with Crippen molar-refractivity contribution in [2.75, 3.05) is 0 Å². The van der Waals surface area contributed by atoms with E-state index in [2.05, 4.69) is 274 Å². The quantitative estimate of drug-likeness (QED) is 0.165. The first-order valence-corrected chi connectivity index (χ1v) is 30.7. The predicted molar refractivity (Wildman–Crippen MR) is 372 cm³/mol. The van der Waals surface area contributed by atoms with Gasteiger partial charge in [0.1, 0.15) is 0 Å². The molecule has 0 amide bonds. The molecule has 0 atom stereocenters. The van der Waals surface area contributed by atoms with Crippen molar-refractivity contribution in [3.63, 3.8) is 0 Å². The van der Waals surface area contributed by atoms with Crippen molar-refractivity contribution in [1.82, 2.24) is 19.9 Å². The zero-order valence-electron chi connectivity index (χ0n) is 50.9. The third-order valence-corrected chi connectivity index (χ3v) is 19.0. The van der Waals surface area contributed by atoms with Crippen LogP contribution in [0.2, 0.25) is 0 Å². The van der Waals surface area contributed by atoms with E-state index in [1.54, 1.807) is 0 Å². The van der Waals surface area contributed by atoms with Gasteiger partial charge in [0.15, 0.2) is 0 Å². The van der Waals surface area contributed by atoms with Gasteiger partial charge in [-0.15, -0.1) is 22.1 Å². The molecule has 0 spiro atoms. The summed E-state index contributed by atoms with van der Waals surface area (Å²) in [6, 6.07) is 81.6. The molecule has 0 radical (unpaired) electrons. The summed E-state index contributed by atoms with van der Waals surface area (Å²) in [5.41, 5.74) is 28.8. The average Bonchev–Trinajstić information content (AvgIpc) is 1.59. The van der Waals surface area contributed by atoms with Crippen molar-refractivity contribution in [3.8, 4) is 89.5 Å². The molecule has 0 fully saturated rings. The Kier molecular flexibility index (Phi) is 12.6. The van der Waals surface area contributed by atoms with E-state index < -0.39 is 0 Å². The first-order valence-electron chi connectivity index (χ1n) is 30.7. The summed E-state index contributed by atoms with van der Waals surface area (Å²) < 4.78 is 0. The Balaban J connectivity index is 0.00000636. The smallest absolute Gasteiger partial charge is 0.656 e. The van der Waals surface area contributed by atoms with Crippen LogP contribution in [-0.2, 0) is 20.4 Å². The molecule has 89 heavy (non-hydrogen) atoms. The van der Waals surface area contributed by atoms with E-state index in [1.165, 1.54) is 22.3 Å². The molecule has 4 nitrogen and oxygen atoms in total. The fourth-order valence-corrected chi connectivity index (χ4v) is 14.8. The second kappa shape index (κ2) is 20.5. The summed E-state index contributed by atoms with van der Waals surface area (Å²) in [4.78, 5) is 25.2. The minimum atomic E-state index is 0. The van der Waals surface area contributed by atoms with Crippen LogP contribution in [0.3, 0.4) is 0 Å². The molecule has 0 unspecified atom stereocenters. The van der Waals surface area contributed by atoms with Gasteiger partial charge in [0, 0.05) is 22.3 Å². The molecule has 3 aliphatic rings. The SMILES string of the molecule is Cc1ccc(-c2c3nc(c(-c4ccc(C)cc4C)c4[n-]c(c(-c5ccc(C)cc5C)c5nc(c(-c6ccc(C)cc6C)c6[n-]c2c2cc7ccccc7cc62)-c2cc6ccccc6cc2-5)c2cc5ccccc5cc42)-c2cc4ccccc4cc2-3)c(C)c1.[Pd+2]. The second-order valence-corrected chi connectivity index (χ2v) is 25.0. The van der Waals surface area contributed by atoms with E-state index >= 15 is 0 Å². The summed E-state index contributed by atoms with van der Waals surface area (Å²) in [7, 11) is 0. The van der Waals surface area contributed by atoms with Gasteiger partial charge in [-0.1, -0.05) is 192 Å². The number of hydrogen-bond acceptors (Lipinski definition) is 2. The maximum atomic E-state index is 6.30. The molecule has 4 heterocycles. The van der Waals surface area contributed by atoms with Crippen LogP contribution in [0.1, 0.15) is 44.5 Å². The molecule has 0 N–H and O–H groups in total. The second-order valence-electron chi connectivity index (χ2n) is 25.0. The first kappa shape index (κ1) is 54.4. The maximum Gasteiger partial charge on any atom is 2.00 e. The average molecular weight is 1230 g/mol. The van der Waals surface area contributed by atoms with Gasteiger partial charge in [-0.3, -0.25) is 0 Å². The summed E-state index contributed by atoms with van der Waals surface area (Å²) in [6.45, 7) is 17.7. The van der Waals surface area contributed by atoms with Crippen LogP contribution in [0, 0.1) is 55.4 Å². The van der Waals surface area contributed by atoms with Crippen LogP contribution < -0.4 is 9.97 Å². The van der Waals surface area contributed by atoms with Gasteiger partial charge in [-0.05, 0) is 235 Å². The zero-order chi connectivity index (χ0) is 59.4. The molecule has 2 aromatic heterocycles. The Morgan fingerprint density at radius 1 is 0.225 bits per heavy atom. The molecule has 5 heteroatoms. The van der Waals surface area contributed by atoms with Crippen LogP contribution >= 0.6 is 0 Å². The van der Waals surface area contributed by atoms with Crippen molar-refractivity contribution >= 4 is 86.7 Å². The molecular weight excluding hydrogens is 1170 g/mol. The summed E-state index contributed by atoms with van der Waals surface area (Å²) in [5.74, 6) is 0. The van der Waals surface area contributed by atoms with Crippen molar-refractivity contribution in [3.05, 3.63) is 263 Å². The number of aromatic nitrogens is 4. The fourth-order valence-electron chi connectivity index (χ4n) is 14.8. The fraction of sp³-hybridized carbons (Fsp3) is 0.0952. The van der Waals surface area contributed by atoms with Crippen LogP contribution in [0.4, 0.5) is 0 Å². The molecule has 0 saturated heterocycles. The van der Waals surface area contributed by atoms with E-state index in [-0.39, 0.29) is 20.4 Å². The van der Waals surface area contributed by atoms with Crippen molar-refractivity contribution in [2.24, 2.45) is 0 Å². The standard InChI is InChI=1S/C84H60N4.Pd/c1-45-25-29-61(49(5)33-45)73-77-65-37-53-17-9-11-19-55(53)39-67(65)79(85-77)74(62-30-26-46(2)34-50(62)6)81-69-41-57-21-13-15-23-59(57)43-71(69)83(87-81)76(64-32-28-48(4)36-52(64)8)84-72-44-60-24-16-14-22-58(60)42-70(72)82(88-84)75(63-31-27-47(3)35-51(63)7)80-68-40-56-20-12-10-18-54(56)38-66(68)78(73)86-80;/h9-44H,1-8H3;/q-2;+2. The third-order valence-electron chi connectivity index (χ3n) is 19.0. The third kappa shape index (κ3) is 8.51. The van der Waals surface area contributed by atoms with Crippen molar-refractivity contribution < 1.29 is 20.4 Å². The number of nitrogens with zero attached hydrogens (tertiary/aromatic N) is 4. The van der Waals surface area contributed by atoms with Gasteiger partial charge in [0.05, 0.1) is 22.8 Å². The Hall–Kier alpha value is -10.0. The molecule has 2 aliphatic heterocycles. The molecule has 1 aliphatic carbocycles. The number of rotatable bonds is 4. The van der Waals surface area contributed by atoms with Crippen molar-refractivity contribution in [2.45, 2.75) is 55.4 Å². The largest absolute Gasteiger partial charge is 2.00 e. The molecule has 12 aromatic carbocycles. The summed E-state index contributed by atoms with van der Waals surface area (Å²) >= 11 is 0. The van der Waals surface area contributed by atoms with Crippen LogP contribution in [0.15, 0.2) is 218 Å². The number of hydrogen-bond donors (Lipinski definition) is 0. The summed E-state index contributed by atoms with van der Waals surface area (Å²) in [5, 5.41) is 13.3. The maximum absolute atomic E-state index is 6.30. The van der Waals surface area contributed by atoms with E-state index in [9.17, 15) is 0 Å². The monoisotopic (exact) mass is 1230 g/mol. The number of aryl methyl sites for hydroxylation is 8. The molecule has 426 valence electrons. The van der Waals surface area contributed by atoms with Crippen LogP contribution in [0.5, 0.6) is 0 Å². The zero-order valence-corrected chi connectivity index (χ0v) is 52.4. The number of benzene rings is 12. The van der Waals surface area contributed by atoms with Gasteiger partial charge in [-0.2, -0.15) is 0 Å². The molecular formula is C84H60N4Pd. The van der Waals surface area contributed by atoms with E-state index in [0.717, 1.165) is 198 Å². The van der Waals surface area contributed by atoms with E-state index in [4.69, 9.17) is 19.9 Å². The van der Waals surface area contributed by atoms with E-state index in [0.29, 0.717) is 0 Å². The topological polar surface area (TPSA) is 54.0 Å². The minimum Gasteiger partial charge on any atom is -0.656 e. The molecule has 8 bridgehead atoms. The molecule has 17 rings (SSSR count). The minimum absolute atomic E-state index is 0.